The lowest BCUT2D eigenvalue weighted by atomic mass is 10.0. The van der Waals surface area contributed by atoms with Crippen LogP contribution in [0.25, 0.3) is 11.1 Å². The van der Waals surface area contributed by atoms with Crippen molar-refractivity contribution in [1.82, 2.24) is 10.3 Å². The van der Waals surface area contributed by atoms with Crippen LogP contribution in [0.15, 0.2) is 47.4 Å². The highest BCUT2D eigenvalue weighted by Gasteiger charge is 2.20. The number of carbonyl (C=O) groups excluding carboxylic acids is 1. The van der Waals surface area contributed by atoms with E-state index in [9.17, 15) is 9.59 Å². The molecule has 3 rings (SSSR count). The average Bonchev–Trinajstić information content (AvgIpc) is 3.06. The molecular formula is C17H18N2O3. The van der Waals surface area contributed by atoms with Crippen molar-refractivity contribution in [3.8, 4) is 11.1 Å². The number of hydrogen-bond acceptors (Lipinski definition) is 3. The summed E-state index contributed by atoms with van der Waals surface area (Å²) in [6, 6.07) is 11.2. The van der Waals surface area contributed by atoms with Gasteiger partial charge in [-0.3, -0.25) is 9.59 Å². The van der Waals surface area contributed by atoms with Gasteiger partial charge >= 0.3 is 0 Å². The molecule has 1 fully saturated rings. The third-order valence-corrected chi connectivity index (χ3v) is 3.79. The molecule has 1 saturated heterocycles. The van der Waals surface area contributed by atoms with Crippen LogP contribution in [-0.2, 0) is 4.74 Å². The number of aromatic nitrogens is 1. The predicted molar refractivity (Wildman–Crippen MR) is 83.8 cm³/mol. The lowest BCUT2D eigenvalue weighted by Gasteiger charge is -2.12. The van der Waals surface area contributed by atoms with Crippen molar-refractivity contribution in [1.29, 1.82) is 0 Å². The lowest BCUT2D eigenvalue weighted by Crippen LogP contribution is -2.35. The lowest BCUT2D eigenvalue weighted by molar-refractivity contribution is 0.0857. The fourth-order valence-electron chi connectivity index (χ4n) is 2.66. The average molecular weight is 298 g/mol. The van der Waals surface area contributed by atoms with Gasteiger partial charge in [0.2, 0.25) is 0 Å². The fraction of sp³-hybridized carbons (Fsp3) is 0.294. The number of carbonyl (C=O) groups is 1. The highest BCUT2D eigenvalue weighted by atomic mass is 16.5. The van der Waals surface area contributed by atoms with Crippen LogP contribution < -0.4 is 10.9 Å². The molecule has 1 aliphatic rings. The molecule has 5 heteroatoms. The highest BCUT2D eigenvalue weighted by Crippen LogP contribution is 2.20. The van der Waals surface area contributed by atoms with Gasteiger partial charge in [0.15, 0.2) is 0 Å². The van der Waals surface area contributed by atoms with Gasteiger partial charge in [-0.1, -0.05) is 30.3 Å². The molecule has 0 radical (unpaired) electrons. The van der Waals surface area contributed by atoms with Crippen molar-refractivity contribution in [3.05, 3.63) is 58.5 Å². The molecule has 22 heavy (non-hydrogen) atoms. The molecule has 0 saturated carbocycles. The van der Waals surface area contributed by atoms with Crippen molar-refractivity contribution < 1.29 is 9.53 Å². The maximum atomic E-state index is 12.4. The molecule has 2 heterocycles. The van der Waals surface area contributed by atoms with Crippen LogP contribution in [0.5, 0.6) is 0 Å². The number of H-pyrrole nitrogens is 1. The van der Waals surface area contributed by atoms with Crippen LogP contribution in [-0.4, -0.2) is 30.1 Å². The molecule has 5 nitrogen and oxygen atoms in total. The van der Waals surface area contributed by atoms with E-state index in [1.165, 1.54) is 0 Å². The third kappa shape index (κ3) is 3.09. The van der Waals surface area contributed by atoms with E-state index in [1.54, 1.807) is 12.3 Å². The monoisotopic (exact) mass is 298 g/mol. The van der Waals surface area contributed by atoms with Crippen molar-refractivity contribution in [2.75, 3.05) is 13.2 Å². The summed E-state index contributed by atoms with van der Waals surface area (Å²) in [4.78, 5) is 27.1. The topological polar surface area (TPSA) is 71.2 Å². The fourth-order valence-corrected chi connectivity index (χ4v) is 2.66. The zero-order chi connectivity index (χ0) is 15.4. The maximum absolute atomic E-state index is 12.4. The van der Waals surface area contributed by atoms with Crippen LogP contribution in [0.4, 0.5) is 0 Å². The van der Waals surface area contributed by atoms with Gasteiger partial charge in [-0.05, 0) is 24.5 Å². The number of nitrogens with one attached hydrogen (secondary N) is 2. The Morgan fingerprint density at radius 1 is 1.27 bits per heavy atom. The number of hydrogen-bond donors (Lipinski definition) is 2. The van der Waals surface area contributed by atoms with Crippen molar-refractivity contribution in [2.45, 2.75) is 18.9 Å². The van der Waals surface area contributed by atoms with E-state index in [1.807, 2.05) is 30.3 Å². The quantitative estimate of drug-likeness (QED) is 0.906. The van der Waals surface area contributed by atoms with E-state index in [-0.39, 0.29) is 23.1 Å². The number of pyridine rings is 1. The zero-order valence-corrected chi connectivity index (χ0v) is 12.2. The van der Waals surface area contributed by atoms with Gasteiger partial charge < -0.3 is 15.0 Å². The SMILES string of the molecule is O=C(NCC1CCCO1)c1c(-c2ccccc2)cc[nH]c1=O. The highest BCUT2D eigenvalue weighted by molar-refractivity contribution is 6.00. The second-order valence-corrected chi connectivity index (χ2v) is 5.31. The molecule has 2 N–H and O–H groups in total. The largest absolute Gasteiger partial charge is 0.376 e. The van der Waals surface area contributed by atoms with Gasteiger partial charge in [-0.25, -0.2) is 0 Å². The minimum Gasteiger partial charge on any atom is -0.376 e. The summed E-state index contributed by atoms with van der Waals surface area (Å²) in [5.74, 6) is -0.365. The molecule has 1 aromatic heterocycles. The molecular weight excluding hydrogens is 280 g/mol. The van der Waals surface area contributed by atoms with Crippen LogP contribution in [0.1, 0.15) is 23.2 Å². The number of ether oxygens (including phenoxy) is 1. The first-order valence-corrected chi connectivity index (χ1v) is 7.42. The molecule has 1 aromatic carbocycles. The summed E-state index contributed by atoms with van der Waals surface area (Å²) >= 11 is 0. The summed E-state index contributed by atoms with van der Waals surface area (Å²) in [7, 11) is 0. The molecule has 0 bridgehead atoms. The second kappa shape index (κ2) is 6.58. The summed E-state index contributed by atoms with van der Waals surface area (Å²) in [6.45, 7) is 1.17. The first-order chi connectivity index (χ1) is 10.8. The zero-order valence-electron chi connectivity index (χ0n) is 12.2. The van der Waals surface area contributed by atoms with E-state index in [4.69, 9.17) is 4.74 Å². The number of rotatable bonds is 4. The van der Waals surface area contributed by atoms with E-state index in [0.29, 0.717) is 12.1 Å². The standard InChI is InChI=1S/C17H18N2O3/c20-16-15(17(21)19-11-13-7-4-10-22-13)14(8-9-18-16)12-5-2-1-3-6-12/h1-3,5-6,8-9,13H,4,7,10-11H2,(H,18,20)(H,19,21). The van der Waals surface area contributed by atoms with Gasteiger partial charge in [0.05, 0.1) is 6.10 Å². The third-order valence-electron chi connectivity index (χ3n) is 3.79. The van der Waals surface area contributed by atoms with Crippen LogP contribution in [0.3, 0.4) is 0 Å². The minimum absolute atomic E-state index is 0.0481. The molecule has 2 aromatic rings. The molecule has 0 aliphatic carbocycles. The summed E-state index contributed by atoms with van der Waals surface area (Å²) in [5, 5.41) is 2.81. The van der Waals surface area contributed by atoms with Gasteiger partial charge in [0.25, 0.3) is 11.5 Å². The van der Waals surface area contributed by atoms with Crippen molar-refractivity contribution >= 4 is 5.91 Å². The summed E-state index contributed by atoms with van der Waals surface area (Å²) in [6.07, 6.45) is 3.56. The molecule has 0 spiro atoms. The Morgan fingerprint density at radius 2 is 2.09 bits per heavy atom. The van der Waals surface area contributed by atoms with E-state index >= 15 is 0 Å². The van der Waals surface area contributed by atoms with Gasteiger partial charge in [0.1, 0.15) is 5.56 Å². The van der Waals surface area contributed by atoms with Crippen molar-refractivity contribution in [2.24, 2.45) is 0 Å². The number of aromatic amines is 1. The molecule has 1 unspecified atom stereocenters. The second-order valence-electron chi connectivity index (χ2n) is 5.31. The molecule has 114 valence electrons. The smallest absolute Gasteiger partial charge is 0.261 e. The number of benzene rings is 1. The Balaban J connectivity index is 1.85. The molecule has 1 amide bonds. The van der Waals surface area contributed by atoms with E-state index in [0.717, 1.165) is 25.0 Å². The molecule has 1 atom stereocenters. The summed E-state index contributed by atoms with van der Waals surface area (Å²) in [5.41, 5.74) is 1.24. The first-order valence-electron chi connectivity index (χ1n) is 7.42. The van der Waals surface area contributed by atoms with E-state index < -0.39 is 0 Å². The van der Waals surface area contributed by atoms with Crippen LogP contribution in [0, 0.1) is 0 Å². The first kappa shape index (κ1) is 14.5. The van der Waals surface area contributed by atoms with Crippen LogP contribution in [0.2, 0.25) is 0 Å². The van der Waals surface area contributed by atoms with Gasteiger partial charge in [-0.15, -0.1) is 0 Å². The van der Waals surface area contributed by atoms with Crippen molar-refractivity contribution in [3.63, 3.8) is 0 Å². The predicted octanol–water partition coefficient (Wildman–Crippen LogP) is 1.95. The Hall–Kier alpha value is -2.40. The van der Waals surface area contributed by atoms with E-state index in [2.05, 4.69) is 10.3 Å². The van der Waals surface area contributed by atoms with Crippen LogP contribution >= 0.6 is 0 Å². The van der Waals surface area contributed by atoms with Gasteiger partial charge in [-0.2, -0.15) is 0 Å². The number of amides is 1. The van der Waals surface area contributed by atoms with Gasteiger partial charge in [0, 0.05) is 24.9 Å². The molecule has 1 aliphatic heterocycles. The minimum atomic E-state index is -0.383. The Kier molecular flexibility index (Phi) is 4.34. The Labute approximate surface area is 128 Å². The summed E-state index contributed by atoms with van der Waals surface area (Å²) < 4.78 is 5.48. The maximum Gasteiger partial charge on any atom is 0.261 e. The Morgan fingerprint density at radius 3 is 2.82 bits per heavy atom. The Bertz CT molecular complexity index is 703. The normalized spacial score (nSPS) is 17.4.